The lowest BCUT2D eigenvalue weighted by atomic mass is 10.0. The van der Waals surface area contributed by atoms with Crippen molar-refractivity contribution < 1.29 is 13.5 Å². The zero-order valence-corrected chi connectivity index (χ0v) is 17.3. The van der Waals surface area contributed by atoms with Crippen molar-refractivity contribution >= 4 is 10.0 Å². The Balaban J connectivity index is 2.16. The van der Waals surface area contributed by atoms with E-state index in [4.69, 9.17) is 0 Å². The molecule has 0 saturated heterocycles. The molecule has 0 aliphatic carbocycles. The second-order valence-electron chi connectivity index (χ2n) is 7.26. The fraction of sp³-hybridized carbons (Fsp3) is 0.714. The van der Waals surface area contributed by atoms with E-state index in [9.17, 15) is 13.5 Å². The van der Waals surface area contributed by atoms with E-state index < -0.39 is 22.2 Å². The van der Waals surface area contributed by atoms with Gasteiger partial charge < -0.3 is 5.11 Å². The van der Waals surface area contributed by atoms with Crippen LogP contribution in [-0.2, 0) is 10.0 Å². The van der Waals surface area contributed by atoms with Crippen molar-refractivity contribution in [2.45, 2.75) is 90.2 Å². The van der Waals surface area contributed by atoms with E-state index in [1.165, 1.54) is 44.9 Å². The van der Waals surface area contributed by atoms with Crippen molar-refractivity contribution in [3.8, 4) is 0 Å². The van der Waals surface area contributed by atoms with Gasteiger partial charge in [-0.25, -0.2) is 13.1 Å². The molecule has 0 aliphatic heterocycles. The Hall–Kier alpha value is -0.910. The molecule has 0 aromatic heterocycles. The highest BCUT2D eigenvalue weighted by Crippen LogP contribution is 2.17. The lowest BCUT2D eigenvalue weighted by molar-refractivity contribution is 0.146. The summed E-state index contributed by atoms with van der Waals surface area (Å²) in [6.07, 6.45) is 10.9. The maximum atomic E-state index is 12.2. The first-order valence-corrected chi connectivity index (χ1v) is 11.8. The van der Waals surface area contributed by atoms with E-state index in [1.807, 2.05) is 18.2 Å². The Bertz CT molecular complexity index is 560. The number of aliphatic hydroxyl groups is 1. The Kier molecular flexibility index (Phi) is 11.8. The summed E-state index contributed by atoms with van der Waals surface area (Å²) < 4.78 is 27.0. The number of sulfonamides is 1. The van der Waals surface area contributed by atoms with Crippen LogP contribution < -0.4 is 4.72 Å². The summed E-state index contributed by atoms with van der Waals surface area (Å²) in [5.41, 5.74) is 0.724. The zero-order chi connectivity index (χ0) is 19.3. The highest BCUT2D eigenvalue weighted by atomic mass is 32.2. The predicted octanol–water partition coefficient (Wildman–Crippen LogP) is 4.95. The van der Waals surface area contributed by atoms with Crippen molar-refractivity contribution in [2.24, 2.45) is 0 Å². The molecule has 0 fully saturated rings. The third-order valence-electron chi connectivity index (χ3n) is 4.75. The van der Waals surface area contributed by atoms with Crippen LogP contribution in [0.5, 0.6) is 0 Å². The zero-order valence-electron chi connectivity index (χ0n) is 16.5. The minimum Gasteiger partial charge on any atom is -0.387 e. The van der Waals surface area contributed by atoms with Gasteiger partial charge in [0, 0.05) is 6.04 Å². The maximum Gasteiger partial charge on any atom is 0.211 e. The van der Waals surface area contributed by atoms with Crippen LogP contribution in [0.25, 0.3) is 0 Å². The Labute approximate surface area is 160 Å². The molecular weight excluding hydrogens is 346 g/mol. The third kappa shape index (κ3) is 10.3. The Morgan fingerprint density at radius 2 is 1.38 bits per heavy atom. The van der Waals surface area contributed by atoms with Crippen LogP contribution in [0.1, 0.15) is 89.7 Å². The van der Waals surface area contributed by atoms with Crippen LogP contribution in [-0.4, -0.2) is 25.3 Å². The van der Waals surface area contributed by atoms with E-state index in [-0.39, 0.29) is 5.75 Å². The number of nitrogens with one attached hydrogen (secondary N) is 1. The highest BCUT2D eigenvalue weighted by molar-refractivity contribution is 7.89. The summed E-state index contributed by atoms with van der Waals surface area (Å²) in [6.45, 7) is 3.93. The predicted molar refractivity (Wildman–Crippen MR) is 110 cm³/mol. The van der Waals surface area contributed by atoms with Gasteiger partial charge in [0.05, 0.1) is 11.9 Å². The molecule has 5 heteroatoms. The maximum absolute atomic E-state index is 12.2. The van der Waals surface area contributed by atoms with Crippen molar-refractivity contribution in [2.75, 3.05) is 5.75 Å². The van der Waals surface area contributed by atoms with Gasteiger partial charge in [-0.3, -0.25) is 0 Å². The molecule has 0 radical (unpaired) electrons. The van der Waals surface area contributed by atoms with Crippen LogP contribution >= 0.6 is 0 Å². The molecule has 0 saturated carbocycles. The molecule has 4 nitrogen and oxygen atoms in total. The van der Waals surface area contributed by atoms with E-state index in [0.717, 1.165) is 18.4 Å². The molecule has 26 heavy (non-hydrogen) atoms. The first-order chi connectivity index (χ1) is 12.5. The fourth-order valence-corrected chi connectivity index (χ4v) is 4.52. The van der Waals surface area contributed by atoms with Crippen LogP contribution in [0.2, 0.25) is 0 Å². The van der Waals surface area contributed by atoms with Gasteiger partial charge in [-0.05, 0) is 18.9 Å². The molecule has 0 amide bonds. The minimum atomic E-state index is -3.35. The molecule has 2 atom stereocenters. The quantitative estimate of drug-likeness (QED) is 0.421. The van der Waals surface area contributed by atoms with Crippen LogP contribution in [0.15, 0.2) is 30.3 Å². The monoisotopic (exact) mass is 383 g/mol. The van der Waals surface area contributed by atoms with Crippen LogP contribution in [0, 0.1) is 0 Å². The first-order valence-electron chi connectivity index (χ1n) is 10.2. The fourth-order valence-electron chi connectivity index (χ4n) is 3.13. The van der Waals surface area contributed by atoms with Gasteiger partial charge in [0.25, 0.3) is 0 Å². The van der Waals surface area contributed by atoms with E-state index in [0.29, 0.717) is 6.42 Å². The van der Waals surface area contributed by atoms with Crippen LogP contribution in [0.4, 0.5) is 0 Å². The molecule has 0 aliphatic rings. The number of hydrogen-bond acceptors (Lipinski definition) is 3. The van der Waals surface area contributed by atoms with Crippen molar-refractivity contribution in [1.29, 1.82) is 0 Å². The standard InChI is InChI=1S/C21H37NO3S/c1-3-4-5-6-7-8-9-10-11-15-18-26(24,25)22-19(2)21(23)20-16-13-12-14-17-20/h12-14,16-17,19,21-23H,3-11,15,18H2,1-2H3/t19-,21-/m1/s1. The largest absolute Gasteiger partial charge is 0.387 e. The SMILES string of the molecule is CCCCCCCCCCCCS(=O)(=O)N[C@H](C)[C@@H](O)c1ccccc1. The lowest BCUT2D eigenvalue weighted by Gasteiger charge is -2.20. The Morgan fingerprint density at radius 3 is 1.92 bits per heavy atom. The molecule has 1 aromatic rings. The van der Waals surface area contributed by atoms with Crippen molar-refractivity contribution in [3.05, 3.63) is 35.9 Å². The molecule has 0 bridgehead atoms. The van der Waals surface area contributed by atoms with Gasteiger partial charge in [-0.2, -0.15) is 0 Å². The van der Waals surface area contributed by atoms with E-state index >= 15 is 0 Å². The molecule has 2 N–H and O–H groups in total. The normalized spacial score (nSPS) is 14.3. The topological polar surface area (TPSA) is 66.4 Å². The number of benzene rings is 1. The molecule has 0 spiro atoms. The molecule has 1 rings (SSSR count). The van der Waals surface area contributed by atoms with Gasteiger partial charge in [-0.15, -0.1) is 0 Å². The summed E-state index contributed by atoms with van der Waals surface area (Å²) in [7, 11) is -3.35. The number of unbranched alkanes of at least 4 members (excludes halogenated alkanes) is 9. The number of rotatable bonds is 15. The first kappa shape index (κ1) is 23.1. The van der Waals surface area contributed by atoms with Crippen LogP contribution in [0.3, 0.4) is 0 Å². The summed E-state index contributed by atoms with van der Waals surface area (Å²) in [5.74, 6) is 0.134. The lowest BCUT2D eigenvalue weighted by Crippen LogP contribution is -2.38. The average Bonchev–Trinajstić information content (AvgIpc) is 2.63. The van der Waals surface area contributed by atoms with Gasteiger partial charge in [0.2, 0.25) is 10.0 Å². The van der Waals surface area contributed by atoms with E-state index in [2.05, 4.69) is 11.6 Å². The second-order valence-corrected chi connectivity index (χ2v) is 9.14. The molecular formula is C21H37NO3S. The average molecular weight is 384 g/mol. The highest BCUT2D eigenvalue weighted by Gasteiger charge is 2.21. The molecule has 150 valence electrons. The summed E-state index contributed by atoms with van der Waals surface area (Å²) >= 11 is 0. The molecule has 1 aromatic carbocycles. The van der Waals surface area contributed by atoms with E-state index in [1.54, 1.807) is 19.1 Å². The van der Waals surface area contributed by atoms with Gasteiger partial charge in [-0.1, -0.05) is 95.0 Å². The van der Waals surface area contributed by atoms with Gasteiger partial charge in [0.1, 0.15) is 0 Å². The van der Waals surface area contributed by atoms with Gasteiger partial charge in [0.15, 0.2) is 0 Å². The van der Waals surface area contributed by atoms with Crippen molar-refractivity contribution in [3.63, 3.8) is 0 Å². The van der Waals surface area contributed by atoms with Crippen molar-refractivity contribution in [1.82, 2.24) is 4.72 Å². The number of aliphatic hydroxyl groups excluding tert-OH is 1. The smallest absolute Gasteiger partial charge is 0.211 e. The third-order valence-corrected chi connectivity index (χ3v) is 6.30. The summed E-state index contributed by atoms with van der Waals surface area (Å²) in [4.78, 5) is 0. The molecule has 0 unspecified atom stereocenters. The van der Waals surface area contributed by atoms with Gasteiger partial charge >= 0.3 is 0 Å². The number of hydrogen-bond donors (Lipinski definition) is 2. The minimum absolute atomic E-state index is 0.134. The summed E-state index contributed by atoms with van der Waals surface area (Å²) in [6, 6.07) is 8.62. The Morgan fingerprint density at radius 1 is 0.885 bits per heavy atom. The molecule has 0 heterocycles. The second kappa shape index (κ2) is 13.3. The summed E-state index contributed by atoms with van der Waals surface area (Å²) in [5, 5.41) is 10.3.